The first kappa shape index (κ1) is 6.04. The Morgan fingerprint density at radius 1 is 1.55 bits per heavy atom. The molecule has 0 aromatic heterocycles. The maximum absolute atomic E-state index is 11.0. The van der Waals surface area contributed by atoms with Gasteiger partial charge in [0.1, 0.15) is 0 Å². The van der Waals surface area contributed by atoms with Crippen molar-refractivity contribution >= 4 is 5.97 Å². The highest BCUT2D eigenvalue weighted by Gasteiger charge is 2.69. The SMILES string of the molecule is O=C(O)[C@@]12CC[C@@H](C1)[C@@H]1C[C@H]12. The Labute approximate surface area is 65.6 Å². The summed E-state index contributed by atoms with van der Waals surface area (Å²) >= 11 is 0. The summed E-state index contributed by atoms with van der Waals surface area (Å²) in [5.41, 5.74) is -0.241. The fraction of sp³-hybridized carbons (Fsp3) is 0.889. The predicted octanol–water partition coefficient (Wildman–Crippen LogP) is 1.51. The van der Waals surface area contributed by atoms with E-state index >= 15 is 0 Å². The van der Waals surface area contributed by atoms with Crippen molar-refractivity contribution in [2.45, 2.75) is 25.7 Å². The lowest BCUT2D eigenvalue weighted by molar-refractivity contribution is -0.149. The molecule has 0 aromatic rings. The van der Waals surface area contributed by atoms with Crippen LogP contribution in [0.5, 0.6) is 0 Å². The molecule has 3 aliphatic rings. The normalized spacial score (nSPS) is 57.6. The highest BCUT2D eigenvalue weighted by molar-refractivity contribution is 5.77. The van der Waals surface area contributed by atoms with Crippen molar-refractivity contribution < 1.29 is 9.90 Å². The maximum Gasteiger partial charge on any atom is 0.309 e. The van der Waals surface area contributed by atoms with Crippen molar-refractivity contribution in [1.29, 1.82) is 0 Å². The minimum Gasteiger partial charge on any atom is -0.481 e. The van der Waals surface area contributed by atoms with Crippen molar-refractivity contribution in [1.82, 2.24) is 0 Å². The van der Waals surface area contributed by atoms with Crippen LogP contribution < -0.4 is 0 Å². The van der Waals surface area contributed by atoms with E-state index in [1.807, 2.05) is 0 Å². The molecule has 0 aliphatic heterocycles. The van der Waals surface area contributed by atoms with Crippen LogP contribution in [0.25, 0.3) is 0 Å². The quantitative estimate of drug-likeness (QED) is 0.618. The van der Waals surface area contributed by atoms with Crippen molar-refractivity contribution in [3.63, 3.8) is 0 Å². The van der Waals surface area contributed by atoms with E-state index in [0.717, 1.165) is 24.7 Å². The molecule has 1 N–H and O–H groups in total. The van der Waals surface area contributed by atoms with Gasteiger partial charge in [-0.3, -0.25) is 4.79 Å². The van der Waals surface area contributed by atoms with Crippen LogP contribution in [0, 0.1) is 23.2 Å². The lowest BCUT2D eigenvalue weighted by Gasteiger charge is -2.21. The Kier molecular flexibility index (Phi) is 0.809. The molecule has 0 saturated heterocycles. The highest BCUT2D eigenvalue weighted by Crippen LogP contribution is 2.72. The van der Waals surface area contributed by atoms with E-state index in [2.05, 4.69) is 0 Å². The highest BCUT2D eigenvalue weighted by atomic mass is 16.4. The Balaban J connectivity index is 2.03. The number of carboxylic acids is 1. The van der Waals surface area contributed by atoms with Gasteiger partial charge in [0.2, 0.25) is 0 Å². The first-order chi connectivity index (χ1) is 5.24. The van der Waals surface area contributed by atoms with Gasteiger partial charge in [-0.15, -0.1) is 0 Å². The number of rotatable bonds is 1. The van der Waals surface area contributed by atoms with E-state index in [1.165, 1.54) is 12.8 Å². The molecule has 0 unspecified atom stereocenters. The number of hydrogen-bond acceptors (Lipinski definition) is 1. The number of hydrogen-bond donors (Lipinski definition) is 1. The molecule has 3 aliphatic carbocycles. The van der Waals surface area contributed by atoms with E-state index in [1.54, 1.807) is 0 Å². The zero-order valence-corrected chi connectivity index (χ0v) is 6.42. The Morgan fingerprint density at radius 2 is 2.36 bits per heavy atom. The molecule has 0 amide bonds. The summed E-state index contributed by atoms with van der Waals surface area (Å²) in [5, 5.41) is 9.09. The van der Waals surface area contributed by atoms with Gasteiger partial charge in [0, 0.05) is 0 Å². The Morgan fingerprint density at radius 3 is 2.82 bits per heavy atom. The number of carboxylic acid groups (broad SMARTS) is 1. The molecule has 4 atom stereocenters. The molecular weight excluding hydrogens is 140 g/mol. The first-order valence-corrected chi connectivity index (χ1v) is 4.47. The molecule has 3 saturated carbocycles. The first-order valence-electron chi connectivity index (χ1n) is 4.47. The zero-order valence-electron chi connectivity index (χ0n) is 6.42. The van der Waals surface area contributed by atoms with Gasteiger partial charge in [0.05, 0.1) is 5.41 Å². The smallest absolute Gasteiger partial charge is 0.309 e. The third-order valence-corrected chi connectivity index (χ3v) is 4.17. The van der Waals surface area contributed by atoms with E-state index in [0.29, 0.717) is 5.92 Å². The summed E-state index contributed by atoms with van der Waals surface area (Å²) in [4.78, 5) is 11.0. The van der Waals surface area contributed by atoms with Crippen LogP contribution >= 0.6 is 0 Å². The molecule has 3 rings (SSSR count). The van der Waals surface area contributed by atoms with Gasteiger partial charge < -0.3 is 5.11 Å². The monoisotopic (exact) mass is 152 g/mol. The summed E-state index contributed by atoms with van der Waals surface area (Å²) in [5.74, 6) is 1.68. The molecule has 2 heteroatoms. The third kappa shape index (κ3) is 0.501. The van der Waals surface area contributed by atoms with Gasteiger partial charge in [-0.1, -0.05) is 0 Å². The van der Waals surface area contributed by atoms with E-state index in [9.17, 15) is 4.79 Å². The molecule has 2 bridgehead atoms. The van der Waals surface area contributed by atoms with Gasteiger partial charge in [-0.2, -0.15) is 0 Å². The molecule has 0 heterocycles. The van der Waals surface area contributed by atoms with Gasteiger partial charge in [-0.05, 0) is 43.4 Å². The number of carbonyl (C=O) groups is 1. The second-order valence-electron chi connectivity index (χ2n) is 4.47. The lowest BCUT2D eigenvalue weighted by Crippen LogP contribution is -2.28. The summed E-state index contributed by atoms with van der Waals surface area (Å²) in [6.45, 7) is 0. The molecule has 3 fully saturated rings. The molecule has 0 spiro atoms. The van der Waals surface area contributed by atoms with Crippen LogP contribution in [-0.4, -0.2) is 11.1 Å². The van der Waals surface area contributed by atoms with E-state index < -0.39 is 5.97 Å². The predicted molar refractivity (Wildman–Crippen MR) is 39.0 cm³/mol. The minimum absolute atomic E-state index is 0.241. The second kappa shape index (κ2) is 1.47. The van der Waals surface area contributed by atoms with Gasteiger partial charge in [0.15, 0.2) is 0 Å². The van der Waals surface area contributed by atoms with Crippen molar-refractivity contribution in [2.24, 2.45) is 23.2 Å². The number of fused-ring (bicyclic) bond motifs is 5. The summed E-state index contributed by atoms with van der Waals surface area (Å²) < 4.78 is 0. The number of aliphatic carboxylic acids is 1. The van der Waals surface area contributed by atoms with Crippen LogP contribution in [0.2, 0.25) is 0 Å². The van der Waals surface area contributed by atoms with Gasteiger partial charge in [0.25, 0.3) is 0 Å². The Hall–Kier alpha value is -0.530. The van der Waals surface area contributed by atoms with Crippen LogP contribution in [0.1, 0.15) is 25.7 Å². The summed E-state index contributed by atoms with van der Waals surface area (Å²) in [6, 6.07) is 0. The molecule has 60 valence electrons. The van der Waals surface area contributed by atoms with E-state index in [-0.39, 0.29) is 5.41 Å². The fourth-order valence-corrected chi connectivity index (χ4v) is 3.54. The largest absolute Gasteiger partial charge is 0.481 e. The van der Waals surface area contributed by atoms with Crippen LogP contribution in [0.3, 0.4) is 0 Å². The van der Waals surface area contributed by atoms with E-state index in [4.69, 9.17) is 5.11 Å². The minimum atomic E-state index is -0.509. The summed E-state index contributed by atoms with van der Waals surface area (Å²) in [7, 11) is 0. The molecule has 2 nitrogen and oxygen atoms in total. The Bertz CT molecular complexity index is 236. The fourth-order valence-electron chi connectivity index (χ4n) is 3.54. The average molecular weight is 152 g/mol. The standard InChI is InChI=1S/C9H12O2/c10-8(11)9-2-1-5(4-9)6-3-7(6)9/h5-7H,1-4H2,(H,10,11)/t5-,6-,7+,9-/m0/s1. The molecule has 0 radical (unpaired) electrons. The van der Waals surface area contributed by atoms with Crippen molar-refractivity contribution in [2.75, 3.05) is 0 Å². The molecule has 0 aromatic carbocycles. The van der Waals surface area contributed by atoms with Crippen molar-refractivity contribution in [3.8, 4) is 0 Å². The van der Waals surface area contributed by atoms with Gasteiger partial charge >= 0.3 is 5.97 Å². The maximum atomic E-state index is 11.0. The van der Waals surface area contributed by atoms with Crippen LogP contribution in [-0.2, 0) is 4.79 Å². The second-order valence-corrected chi connectivity index (χ2v) is 4.47. The van der Waals surface area contributed by atoms with Crippen LogP contribution in [0.15, 0.2) is 0 Å². The summed E-state index contributed by atoms with van der Waals surface area (Å²) in [6.07, 6.45) is 4.37. The third-order valence-electron chi connectivity index (χ3n) is 4.17. The molecular formula is C9H12O2. The van der Waals surface area contributed by atoms with Crippen molar-refractivity contribution in [3.05, 3.63) is 0 Å². The van der Waals surface area contributed by atoms with Gasteiger partial charge in [-0.25, -0.2) is 0 Å². The topological polar surface area (TPSA) is 37.3 Å². The zero-order chi connectivity index (χ0) is 7.64. The average Bonchev–Trinajstić information content (AvgIpc) is 2.60. The lowest BCUT2D eigenvalue weighted by atomic mass is 9.82. The van der Waals surface area contributed by atoms with Crippen LogP contribution in [0.4, 0.5) is 0 Å². The molecule has 11 heavy (non-hydrogen) atoms.